The van der Waals surface area contributed by atoms with Gasteiger partial charge in [-0.3, -0.25) is 14.9 Å². The third-order valence-electron chi connectivity index (χ3n) is 5.37. The van der Waals surface area contributed by atoms with Crippen LogP contribution in [0.3, 0.4) is 0 Å². The highest BCUT2D eigenvalue weighted by atomic mass is 16.5. The first-order chi connectivity index (χ1) is 13.7. The number of ether oxygens (including phenoxy) is 1. The Balaban J connectivity index is 1.54. The number of carbonyl (C=O) groups is 1. The fourth-order valence-corrected chi connectivity index (χ4v) is 3.62. The summed E-state index contributed by atoms with van der Waals surface area (Å²) in [7, 11) is 1.68. The Kier molecular flexibility index (Phi) is 5.16. The van der Waals surface area contributed by atoms with Gasteiger partial charge in [-0.1, -0.05) is 5.16 Å². The van der Waals surface area contributed by atoms with Gasteiger partial charge in [0.25, 0.3) is 11.8 Å². The molecule has 4 heterocycles. The Bertz CT molecular complexity index is 901. The van der Waals surface area contributed by atoms with E-state index in [1.165, 1.54) is 0 Å². The van der Waals surface area contributed by atoms with Crippen LogP contribution in [-0.2, 0) is 10.2 Å². The van der Waals surface area contributed by atoms with E-state index in [0.717, 1.165) is 24.8 Å². The van der Waals surface area contributed by atoms with Gasteiger partial charge in [0.05, 0.1) is 11.8 Å². The SMILES string of the molecule is COCCC1(c2noc(-c3ccncc3)n2)CCN(C(=O)c2cn[nH]c2)CC1. The Morgan fingerprint density at radius 3 is 2.79 bits per heavy atom. The molecule has 28 heavy (non-hydrogen) atoms. The third-order valence-corrected chi connectivity index (χ3v) is 5.37. The van der Waals surface area contributed by atoms with Crippen molar-refractivity contribution in [1.29, 1.82) is 0 Å². The van der Waals surface area contributed by atoms with E-state index >= 15 is 0 Å². The van der Waals surface area contributed by atoms with E-state index in [-0.39, 0.29) is 11.3 Å². The molecule has 1 fully saturated rings. The number of aromatic nitrogens is 5. The maximum Gasteiger partial charge on any atom is 0.258 e. The Hall–Kier alpha value is -3.07. The molecule has 146 valence electrons. The zero-order chi connectivity index (χ0) is 19.4. The molecule has 4 rings (SSSR count). The number of amides is 1. The van der Waals surface area contributed by atoms with E-state index in [4.69, 9.17) is 9.26 Å². The van der Waals surface area contributed by atoms with Crippen molar-refractivity contribution >= 4 is 5.91 Å². The summed E-state index contributed by atoms with van der Waals surface area (Å²) in [4.78, 5) is 23.1. The van der Waals surface area contributed by atoms with Gasteiger partial charge in [-0.2, -0.15) is 10.1 Å². The lowest BCUT2D eigenvalue weighted by molar-refractivity contribution is 0.0616. The van der Waals surface area contributed by atoms with Crippen molar-refractivity contribution in [3.8, 4) is 11.5 Å². The predicted octanol–water partition coefficient (Wildman–Crippen LogP) is 2.07. The molecule has 1 saturated heterocycles. The zero-order valence-electron chi connectivity index (χ0n) is 15.7. The molecule has 1 aliphatic rings. The van der Waals surface area contributed by atoms with Crippen LogP contribution in [0, 0.1) is 0 Å². The number of carbonyl (C=O) groups excluding carboxylic acids is 1. The predicted molar refractivity (Wildman–Crippen MR) is 99.4 cm³/mol. The molecule has 1 aliphatic heterocycles. The van der Waals surface area contributed by atoms with Gasteiger partial charge >= 0.3 is 0 Å². The molecule has 0 spiro atoms. The van der Waals surface area contributed by atoms with Crippen molar-refractivity contribution in [2.24, 2.45) is 0 Å². The van der Waals surface area contributed by atoms with E-state index in [0.29, 0.717) is 37.0 Å². The second kappa shape index (κ2) is 7.89. The first-order valence-corrected chi connectivity index (χ1v) is 9.23. The van der Waals surface area contributed by atoms with Gasteiger partial charge in [-0.25, -0.2) is 0 Å². The van der Waals surface area contributed by atoms with Gasteiger partial charge in [0.2, 0.25) is 0 Å². The Morgan fingerprint density at radius 1 is 1.32 bits per heavy atom. The van der Waals surface area contributed by atoms with Crippen LogP contribution >= 0.6 is 0 Å². The number of H-pyrrole nitrogens is 1. The molecule has 3 aromatic rings. The Labute approximate surface area is 162 Å². The molecule has 0 aromatic carbocycles. The van der Waals surface area contributed by atoms with Crippen LogP contribution in [0.15, 0.2) is 41.4 Å². The summed E-state index contributed by atoms with van der Waals surface area (Å²) in [6.45, 7) is 1.83. The highest BCUT2D eigenvalue weighted by molar-refractivity contribution is 5.93. The van der Waals surface area contributed by atoms with Gasteiger partial charge in [-0.15, -0.1) is 0 Å². The monoisotopic (exact) mass is 382 g/mol. The Morgan fingerprint density at radius 2 is 2.11 bits per heavy atom. The van der Waals surface area contributed by atoms with Gasteiger partial charge in [0.1, 0.15) is 0 Å². The third kappa shape index (κ3) is 3.53. The van der Waals surface area contributed by atoms with Crippen LogP contribution in [0.2, 0.25) is 0 Å². The molecule has 0 radical (unpaired) electrons. The maximum absolute atomic E-state index is 12.6. The van der Waals surface area contributed by atoms with Crippen LogP contribution in [0.25, 0.3) is 11.5 Å². The van der Waals surface area contributed by atoms with Crippen molar-refractivity contribution in [3.05, 3.63) is 48.3 Å². The molecular weight excluding hydrogens is 360 g/mol. The lowest BCUT2D eigenvalue weighted by atomic mass is 9.75. The second-order valence-electron chi connectivity index (χ2n) is 6.96. The number of hydrogen-bond donors (Lipinski definition) is 1. The highest BCUT2D eigenvalue weighted by Crippen LogP contribution is 2.38. The number of piperidine rings is 1. The fraction of sp³-hybridized carbons (Fsp3) is 0.421. The molecule has 9 nitrogen and oxygen atoms in total. The number of aromatic amines is 1. The van der Waals surface area contributed by atoms with E-state index < -0.39 is 0 Å². The maximum atomic E-state index is 12.6. The molecule has 9 heteroatoms. The minimum Gasteiger partial charge on any atom is -0.385 e. The van der Waals surface area contributed by atoms with Crippen molar-refractivity contribution in [2.45, 2.75) is 24.7 Å². The topological polar surface area (TPSA) is 110 Å². The summed E-state index contributed by atoms with van der Waals surface area (Å²) >= 11 is 0. The van der Waals surface area contributed by atoms with Gasteiger partial charge in [-0.05, 0) is 31.4 Å². The van der Waals surface area contributed by atoms with Crippen molar-refractivity contribution < 1.29 is 14.1 Å². The van der Waals surface area contributed by atoms with E-state index in [9.17, 15) is 4.79 Å². The fourth-order valence-electron chi connectivity index (χ4n) is 3.62. The standard InChI is InChI=1S/C19H22N6O3/c1-27-11-6-19(18-23-16(28-24-18)14-2-7-20-8-3-14)4-9-25(10-5-19)17(26)15-12-21-22-13-15/h2-3,7-8,12-13H,4-6,9-11H2,1H3,(H,21,22). The molecule has 0 saturated carbocycles. The largest absolute Gasteiger partial charge is 0.385 e. The summed E-state index contributed by atoms with van der Waals surface area (Å²) in [5.41, 5.74) is 1.13. The van der Waals surface area contributed by atoms with E-state index in [1.807, 2.05) is 17.0 Å². The minimum atomic E-state index is -0.280. The minimum absolute atomic E-state index is 0.0142. The summed E-state index contributed by atoms with van der Waals surface area (Å²) in [6, 6.07) is 3.68. The molecule has 0 aliphatic carbocycles. The summed E-state index contributed by atoms with van der Waals surface area (Å²) in [5.74, 6) is 1.14. The van der Waals surface area contributed by atoms with Crippen LogP contribution in [0.4, 0.5) is 0 Å². The summed E-state index contributed by atoms with van der Waals surface area (Å²) in [6.07, 6.45) is 8.82. The van der Waals surface area contributed by atoms with Gasteiger partial charge in [0, 0.05) is 56.4 Å². The normalized spacial score (nSPS) is 16.2. The van der Waals surface area contributed by atoms with E-state index in [2.05, 4.69) is 25.3 Å². The molecule has 1 N–H and O–H groups in total. The quantitative estimate of drug-likeness (QED) is 0.695. The lowest BCUT2D eigenvalue weighted by Crippen LogP contribution is -2.46. The molecule has 0 unspecified atom stereocenters. The van der Waals surface area contributed by atoms with Gasteiger partial charge in [0.15, 0.2) is 5.82 Å². The van der Waals surface area contributed by atoms with Crippen LogP contribution in [0.5, 0.6) is 0 Å². The number of pyridine rings is 1. The summed E-state index contributed by atoms with van der Waals surface area (Å²) in [5, 5.41) is 10.8. The molecule has 3 aromatic heterocycles. The molecular formula is C19H22N6O3. The number of methoxy groups -OCH3 is 1. The molecule has 0 atom stereocenters. The first kappa shape index (κ1) is 18.3. The lowest BCUT2D eigenvalue weighted by Gasteiger charge is -2.39. The highest BCUT2D eigenvalue weighted by Gasteiger charge is 2.41. The summed E-state index contributed by atoms with van der Waals surface area (Å²) < 4.78 is 10.8. The number of hydrogen-bond acceptors (Lipinski definition) is 7. The average molecular weight is 382 g/mol. The van der Waals surface area contributed by atoms with Crippen molar-refractivity contribution in [1.82, 2.24) is 30.2 Å². The van der Waals surface area contributed by atoms with Crippen molar-refractivity contribution in [2.75, 3.05) is 26.8 Å². The molecule has 1 amide bonds. The van der Waals surface area contributed by atoms with Crippen LogP contribution in [-0.4, -0.2) is 62.9 Å². The van der Waals surface area contributed by atoms with E-state index in [1.54, 1.807) is 31.9 Å². The average Bonchev–Trinajstić information content (AvgIpc) is 3.45. The van der Waals surface area contributed by atoms with Gasteiger partial charge < -0.3 is 14.2 Å². The van der Waals surface area contributed by atoms with Crippen LogP contribution in [0.1, 0.15) is 35.4 Å². The number of nitrogens with one attached hydrogen (secondary N) is 1. The number of rotatable bonds is 6. The first-order valence-electron chi connectivity index (χ1n) is 9.23. The van der Waals surface area contributed by atoms with Crippen molar-refractivity contribution in [3.63, 3.8) is 0 Å². The zero-order valence-corrected chi connectivity index (χ0v) is 15.7. The number of nitrogens with zero attached hydrogens (tertiary/aromatic N) is 5. The smallest absolute Gasteiger partial charge is 0.258 e. The molecule has 0 bridgehead atoms. The second-order valence-corrected chi connectivity index (χ2v) is 6.96. The number of likely N-dealkylation sites (tertiary alicyclic amines) is 1. The van der Waals surface area contributed by atoms with Crippen LogP contribution < -0.4 is 0 Å².